The maximum absolute atomic E-state index is 11.8. The number of amides is 2. The molecule has 2 aromatic rings. The fourth-order valence-electron chi connectivity index (χ4n) is 2.30. The number of benzene rings is 2. The molecule has 2 amide bonds. The summed E-state index contributed by atoms with van der Waals surface area (Å²) in [6, 6.07) is 15.2. The number of alkyl carbamates (subject to hydrolysis) is 1. The molecule has 0 aromatic heterocycles. The molecule has 0 aliphatic carbocycles. The number of rotatable bonds is 8. The molecule has 0 atom stereocenters. The summed E-state index contributed by atoms with van der Waals surface area (Å²) in [5.41, 5.74) is 3.05. The van der Waals surface area contributed by atoms with Gasteiger partial charge in [-0.25, -0.2) is 4.79 Å². The molecule has 2 aromatic carbocycles. The van der Waals surface area contributed by atoms with E-state index in [1.54, 1.807) is 0 Å². The van der Waals surface area contributed by atoms with Crippen molar-refractivity contribution in [2.75, 3.05) is 19.7 Å². The van der Waals surface area contributed by atoms with Crippen LogP contribution in [-0.4, -0.2) is 31.7 Å². The number of carbonyl (C=O) groups is 2. The molecule has 6 nitrogen and oxygen atoms in total. The van der Waals surface area contributed by atoms with Crippen molar-refractivity contribution in [2.24, 2.45) is 0 Å². The third-order valence-corrected chi connectivity index (χ3v) is 3.62. The highest BCUT2D eigenvalue weighted by Crippen LogP contribution is 2.18. The van der Waals surface area contributed by atoms with Gasteiger partial charge in [-0.15, -0.1) is 0 Å². The molecule has 0 fully saturated rings. The minimum Gasteiger partial charge on any atom is -0.484 e. The second kappa shape index (κ2) is 10.1. The Labute approximate surface area is 153 Å². The lowest BCUT2D eigenvalue weighted by Crippen LogP contribution is -2.37. The zero-order valence-corrected chi connectivity index (χ0v) is 15.1. The predicted molar refractivity (Wildman–Crippen MR) is 99.1 cm³/mol. The molecule has 0 bridgehead atoms. The van der Waals surface area contributed by atoms with E-state index in [1.165, 1.54) is 0 Å². The number of carbonyl (C=O) groups excluding carboxylic acids is 2. The van der Waals surface area contributed by atoms with E-state index in [4.69, 9.17) is 9.47 Å². The van der Waals surface area contributed by atoms with Crippen molar-refractivity contribution in [3.8, 4) is 5.75 Å². The van der Waals surface area contributed by atoms with E-state index in [-0.39, 0.29) is 25.7 Å². The lowest BCUT2D eigenvalue weighted by atomic mass is 10.1. The zero-order chi connectivity index (χ0) is 18.8. The highest BCUT2D eigenvalue weighted by atomic mass is 16.5. The Bertz CT molecular complexity index is 732. The van der Waals surface area contributed by atoms with Gasteiger partial charge >= 0.3 is 6.09 Å². The van der Waals surface area contributed by atoms with Crippen molar-refractivity contribution >= 4 is 12.0 Å². The third-order valence-electron chi connectivity index (χ3n) is 3.62. The molecule has 0 spiro atoms. The molecule has 138 valence electrons. The van der Waals surface area contributed by atoms with Gasteiger partial charge in [0.1, 0.15) is 12.4 Å². The van der Waals surface area contributed by atoms with Gasteiger partial charge in [-0.05, 0) is 31.0 Å². The molecule has 2 N–H and O–H groups in total. The Morgan fingerprint density at radius 1 is 0.962 bits per heavy atom. The Hall–Kier alpha value is -3.02. The minimum absolute atomic E-state index is 0.0671. The summed E-state index contributed by atoms with van der Waals surface area (Å²) in [5, 5.41) is 5.26. The van der Waals surface area contributed by atoms with Gasteiger partial charge in [0.05, 0.1) is 0 Å². The molecule has 0 radical (unpaired) electrons. The average Bonchev–Trinajstić information content (AvgIpc) is 2.63. The maximum Gasteiger partial charge on any atom is 0.407 e. The molecule has 2 rings (SSSR count). The van der Waals surface area contributed by atoms with Crippen LogP contribution in [0.5, 0.6) is 5.75 Å². The molecule has 0 aliphatic rings. The van der Waals surface area contributed by atoms with Crippen LogP contribution < -0.4 is 15.4 Å². The van der Waals surface area contributed by atoms with Crippen LogP contribution in [0.1, 0.15) is 16.7 Å². The monoisotopic (exact) mass is 356 g/mol. The van der Waals surface area contributed by atoms with E-state index < -0.39 is 6.09 Å². The molecule has 0 unspecified atom stereocenters. The van der Waals surface area contributed by atoms with Crippen LogP contribution in [0.2, 0.25) is 0 Å². The summed E-state index contributed by atoms with van der Waals surface area (Å²) in [6.45, 7) is 4.66. The summed E-state index contributed by atoms with van der Waals surface area (Å²) in [7, 11) is 0. The van der Waals surface area contributed by atoms with Gasteiger partial charge < -0.3 is 20.1 Å². The van der Waals surface area contributed by atoms with Gasteiger partial charge in [0.15, 0.2) is 6.61 Å². The van der Waals surface area contributed by atoms with Crippen LogP contribution in [0.25, 0.3) is 0 Å². The van der Waals surface area contributed by atoms with Crippen LogP contribution in [0.15, 0.2) is 48.5 Å². The topological polar surface area (TPSA) is 76.7 Å². The standard InChI is InChI=1S/C20H24N2O4/c1-15-8-9-18(16(2)12-15)25-14-19(23)21-10-11-22-20(24)26-13-17-6-4-3-5-7-17/h3-9,12H,10-11,13-14H2,1-2H3,(H,21,23)(H,22,24). The molecule has 0 saturated heterocycles. The molecule has 0 aliphatic heterocycles. The predicted octanol–water partition coefficient (Wildman–Crippen LogP) is 2.72. The number of hydrogen-bond donors (Lipinski definition) is 2. The Morgan fingerprint density at radius 3 is 2.42 bits per heavy atom. The fourth-order valence-corrected chi connectivity index (χ4v) is 2.30. The summed E-state index contributed by atoms with van der Waals surface area (Å²) in [4.78, 5) is 23.3. The van der Waals surface area contributed by atoms with E-state index in [0.717, 1.165) is 16.7 Å². The van der Waals surface area contributed by atoms with Crippen molar-refractivity contribution in [3.63, 3.8) is 0 Å². The lowest BCUT2D eigenvalue weighted by molar-refractivity contribution is -0.123. The zero-order valence-electron chi connectivity index (χ0n) is 15.1. The Kier molecular flexibility index (Phi) is 7.49. The fraction of sp³-hybridized carbons (Fsp3) is 0.300. The highest BCUT2D eigenvalue weighted by molar-refractivity contribution is 5.77. The van der Waals surface area contributed by atoms with Crippen molar-refractivity contribution in [1.82, 2.24) is 10.6 Å². The second-order valence-electron chi connectivity index (χ2n) is 5.90. The van der Waals surface area contributed by atoms with Crippen molar-refractivity contribution in [3.05, 3.63) is 65.2 Å². The van der Waals surface area contributed by atoms with E-state index in [0.29, 0.717) is 12.3 Å². The minimum atomic E-state index is -0.519. The molecule has 26 heavy (non-hydrogen) atoms. The molecule has 6 heteroatoms. The van der Waals surface area contributed by atoms with Gasteiger partial charge in [0.2, 0.25) is 0 Å². The van der Waals surface area contributed by atoms with Gasteiger partial charge in [-0.1, -0.05) is 48.0 Å². The van der Waals surface area contributed by atoms with Crippen LogP contribution in [-0.2, 0) is 16.1 Å². The maximum atomic E-state index is 11.8. The van der Waals surface area contributed by atoms with Crippen LogP contribution in [0, 0.1) is 13.8 Å². The molecular weight excluding hydrogens is 332 g/mol. The third kappa shape index (κ3) is 6.84. The quantitative estimate of drug-likeness (QED) is 0.713. The lowest BCUT2D eigenvalue weighted by Gasteiger charge is -2.10. The van der Waals surface area contributed by atoms with E-state index >= 15 is 0 Å². The van der Waals surface area contributed by atoms with Crippen molar-refractivity contribution < 1.29 is 19.1 Å². The number of nitrogens with one attached hydrogen (secondary N) is 2. The van der Waals surface area contributed by atoms with E-state index in [9.17, 15) is 9.59 Å². The van der Waals surface area contributed by atoms with Crippen LogP contribution in [0.4, 0.5) is 4.79 Å². The molecule has 0 saturated carbocycles. The Balaban J connectivity index is 1.57. The normalized spacial score (nSPS) is 10.1. The van der Waals surface area contributed by atoms with E-state index in [2.05, 4.69) is 10.6 Å². The average molecular weight is 356 g/mol. The van der Waals surface area contributed by atoms with Crippen molar-refractivity contribution in [1.29, 1.82) is 0 Å². The van der Waals surface area contributed by atoms with Gasteiger partial charge in [-0.3, -0.25) is 4.79 Å². The largest absolute Gasteiger partial charge is 0.484 e. The van der Waals surface area contributed by atoms with Crippen molar-refractivity contribution in [2.45, 2.75) is 20.5 Å². The summed E-state index contributed by atoms with van der Waals surface area (Å²) < 4.78 is 10.6. The first-order valence-corrected chi connectivity index (χ1v) is 8.46. The van der Waals surface area contributed by atoms with E-state index in [1.807, 2.05) is 62.4 Å². The molecular formula is C20H24N2O4. The first kappa shape index (κ1) is 19.3. The SMILES string of the molecule is Cc1ccc(OCC(=O)NCCNC(=O)OCc2ccccc2)c(C)c1. The first-order valence-electron chi connectivity index (χ1n) is 8.46. The van der Waals surface area contributed by atoms with Gasteiger partial charge in [-0.2, -0.15) is 0 Å². The first-order chi connectivity index (χ1) is 12.5. The second-order valence-corrected chi connectivity index (χ2v) is 5.90. The van der Waals surface area contributed by atoms with Crippen LogP contribution >= 0.6 is 0 Å². The Morgan fingerprint density at radius 2 is 1.69 bits per heavy atom. The summed E-state index contributed by atoms with van der Waals surface area (Å²) in [5.74, 6) is 0.442. The molecule has 0 heterocycles. The number of hydrogen-bond acceptors (Lipinski definition) is 4. The summed E-state index contributed by atoms with van der Waals surface area (Å²) in [6.07, 6.45) is -0.519. The van der Waals surface area contributed by atoms with Gasteiger partial charge in [0, 0.05) is 13.1 Å². The van der Waals surface area contributed by atoms with Gasteiger partial charge in [0.25, 0.3) is 5.91 Å². The smallest absolute Gasteiger partial charge is 0.407 e. The number of ether oxygens (including phenoxy) is 2. The van der Waals surface area contributed by atoms with Crippen LogP contribution in [0.3, 0.4) is 0 Å². The highest BCUT2D eigenvalue weighted by Gasteiger charge is 2.06. The summed E-state index contributed by atoms with van der Waals surface area (Å²) >= 11 is 0. The number of aryl methyl sites for hydroxylation is 2.